The second-order valence-electron chi connectivity index (χ2n) is 7.06. The Morgan fingerprint density at radius 2 is 1.64 bits per heavy atom. The van der Waals surface area contributed by atoms with Gasteiger partial charge < -0.3 is 9.53 Å². The van der Waals surface area contributed by atoms with Crippen molar-refractivity contribution < 1.29 is 9.53 Å². The molecule has 0 saturated heterocycles. The molecule has 1 N–H and O–H groups in total. The average molecular weight is 321 g/mol. The summed E-state index contributed by atoms with van der Waals surface area (Å²) in [6, 6.07) is 5.76. The zero-order valence-corrected chi connectivity index (χ0v) is 16.0. The van der Waals surface area contributed by atoms with Crippen LogP contribution in [0.5, 0.6) is 5.75 Å². The molecule has 22 heavy (non-hydrogen) atoms. The van der Waals surface area contributed by atoms with Crippen LogP contribution in [0.3, 0.4) is 0 Å². The smallest absolute Gasteiger partial charge is 0.200 e. The van der Waals surface area contributed by atoms with Crippen LogP contribution in [-0.2, 0) is 17.5 Å². The highest BCUT2D eigenvalue weighted by molar-refractivity contribution is 6.77. The first-order chi connectivity index (χ1) is 10.3. The molecule has 1 aromatic carbocycles. The third-order valence-electron chi connectivity index (χ3n) is 4.70. The number of phenols is 1. The van der Waals surface area contributed by atoms with Crippen molar-refractivity contribution in [3.63, 3.8) is 0 Å². The maximum atomic E-state index is 9.88. The van der Waals surface area contributed by atoms with Gasteiger partial charge >= 0.3 is 0 Å². The molecule has 0 aliphatic rings. The fourth-order valence-electron chi connectivity index (χ4n) is 3.76. The maximum absolute atomic E-state index is 9.88. The van der Waals surface area contributed by atoms with E-state index in [0.717, 1.165) is 11.1 Å². The Labute approximate surface area is 137 Å². The molecule has 0 aromatic heterocycles. The molecule has 3 heteroatoms. The van der Waals surface area contributed by atoms with Gasteiger partial charge in [-0.2, -0.15) is 0 Å². The van der Waals surface area contributed by atoms with Crippen LogP contribution in [0, 0.1) is 0 Å². The minimum atomic E-state index is -1.84. The predicted molar refractivity (Wildman–Crippen MR) is 97.8 cm³/mol. The van der Waals surface area contributed by atoms with Gasteiger partial charge in [-0.15, -0.1) is 6.58 Å². The molecule has 0 amide bonds. The highest BCUT2D eigenvalue weighted by Gasteiger charge is 2.44. The lowest BCUT2D eigenvalue weighted by molar-refractivity contribution is 0.265. The minimum Gasteiger partial charge on any atom is -0.508 e. The molecule has 0 heterocycles. The normalized spacial score (nSPS) is 12.4. The van der Waals surface area contributed by atoms with Gasteiger partial charge in [-0.1, -0.05) is 53.7 Å². The second kappa shape index (κ2) is 7.98. The van der Waals surface area contributed by atoms with Crippen molar-refractivity contribution in [1.82, 2.24) is 0 Å². The summed E-state index contributed by atoms with van der Waals surface area (Å²) in [5.41, 5.74) is 3.79. The van der Waals surface area contributed by atoms with Crippen LogP contribution < -0.4 is 0 Å². The highest BCUT2D eigenvalue weighted by Crippen LogP contribution is 2.42. The van der Waals surface area contributed by atoms with Crippen molar-refractivity contribution in [3.05, 3.63) is 42.0 Å². The lowest BCUT2D eigenvalue weighted by atomic mass is 10.1. The van der Waals surface area contributed by atoms with E-state index in [1.807, 2.05) is 18.2 Å². The summed E-state index contributed by atoms with van der Waals surface area (Å²) in [7, 11) is -1.84. The first-order valence-electron chi connectivity index (χ1n) is 8.31. The second-order valence-corrected chi connectivity index (χ2v) is 12.5. The van der Waals surface area contributed by atoms with E-state index in [1.54, 1.807) is 6.07 Å². The zero-order chi connectivity index (χ0) is 16.9. The molecule has 0 fully saturated rings. The molecule has 124 valence electrons. The van der Waals surface area contributed by atoms with Gasteiger partial charge in [0.1, 0.15) is 5.75 Å². The first-order valence-corrected chi connectivity index (χ1v) is 10.4. The molecule has 0 aliphatic carbocycles. The molecule has 0 aliphatic heterocycles. The molecule has 2 nitrogen and oxygen atoms in total. The number of aromatic hydroxyl groups is 1. The molecule has 0 bridgehead atoms. The summed E-state index contributed by atoms with van der Waals surface area (Å²) in [5.74, 6) is 0.337. The van der Waals surface area contributed by atoms with Gasteiger partial charge in [-0.3, -0.25) is 0 Å². The number of benzene rings is 1. The quantitative estimate of drug-likeness (QED) is 0.483. The monoisotopic (exact) mass is 320 g/mol. The Balaban J connectivity index is 2.98. The summed E-state index contributed by atoms with van der Waals surface area (Å²) < 4.78 is 6.60. The molecule has 1 aromatic rings. The van der Waals surface area contributed by atoms with Crippen LogP contribution in [0.15, 0.2) is 30.9 Å². The fourth-order valence-corrected chi connectivity index (χ4v) is 9.17. The lowest BCUT2D eigenvalue weighted by Gasteiger charge is -2.42. The van der Waals surface area contributed by atoms with Crippen LogP contribution in [0.2, 0.25) is 16.6 Å². The van der Waals surface area contributed by atoms with Gasteiger partial charge in [0.25, 0.3) is 0 Å². The summed E-state index contributed by atoms with van der Waals surface area (Å²) >= 11 is 0. The van der Waals surface area contributed by atoms with Crippen molar-refractivity contribution in [3.8, 4) is 5.75 Å². The largest absolute Gasteiger partial charge is 0.508 e. The number of rotatable bonds is 8. The number of hydrogen-bond acceptors (Lipinski definition) is 2. The summed E-state index contributed by atoms with van der Waals surface area (Å²) in [6.07, 6.45) is 2.50. The SMILES string of the molecule is C=CCc1cc(CO[Si](C(C)C)(C(C)C)C(C)C)ccc1O. The third-order valence-corrected chi connectivity index (χ3v) is 10.8. The molecule has 0 radical (unpaired) electrons. The summed E-state index contributed by atoms with van der Waals surface area (Å²) in [6.45, 7) is 18.2. The Morgan fingerprint density at radius 3 is 2.09 bits per heavy atom. The molecule has 0 spiro atoms. The van der Waals surface area contributed by atoms with E-state index >= 15 is 0 Å². The van der Waals surface area contributed by atoms with Gasteiger partial charge in [0.15, 0.2) is 0 Å². The van der Waals surface area contributed by atoms with E-state index in [0.29, 0.717) is 35.4 Å². The highest BCUT2D eigenvalue weighted by atomic mass is 28.4. The van der Waals surface area contributed by atoms with Crippen LogP contribution in [0.4, 0.5) is 0 Å². The van der Waals surface area contributed by atoms with E-state index in [1.165, 1.54) is 0 Å². The predicted octanol–water partition coefficient (Wildman–Crippen LogP) is 5.81. The number of phenolic OH excluding ortho intramolecular Hbond substituents is 1. The number of hydrogen-bond donors (Lipinski definition) is 1. The van der Waals surface area contributed by atoms with Crippen LogP contribution in [-0.4, -0.2) is 13.4 Å². The maximum Gasteiger partial charge on any atom is 0.200 e. The summed E-state index contributed by atoms with van der Waals surface area (Å²) in [4.78, 5) is 0. The third kappa shape index (κ3) is 4.02. The number of allylic oxidation sites excluding steroid dienone is 1. The van der Waals surface area contributed by atoms with Crippen LogP contribution >= 0.6 is 0 Å². The molecular formula is C19H32O2Si. The van der Waals surface area contributed by atoms with Crippen molar-refractivity contribution in [1.29, 1.82) is 0 Å². The topological polar surface area (TPSA) is 29.5 Å². The van der Waals surface area contributed by atoms with E-state index in [9.17, 15) is 5.11 Å². The van der Waals surface area contributed by atoms with E-state index in [4.69, 9.17) is 4.43 Å². The van der Waals surface area contributed by atoms with E-state index in [-0.39, 0.29) is 0 Å². The lowest BCUT2D eigenvalue weighted by Crippen LogP contribution is -2.47. The minimum absolute atomic E-state index is 0.337. The summed E-state index contributed by atoms with van der Waals surface area (Å²) in [5, 5.41) is 9.88. The molecule has 0 saturated carbocycles. The van der Waals surface area contributed by atoms with Crippen molar-refractivity contribution in [2.24, 2.45) is 0 Å². The van der Waals surface area contributed by atoms with Crippen molar-refractivity contribution in [2.75, 3.05) is 0 Å². The van der Waals surface area contributed by atoms with Crippen LogP contribution in [0.1, 0.15) is 52.7 Å². The van der Waals surface area contributed by atoms with Gasteiger partial charge in [0.2, 0.25) is 8.32 Å². The van der Waals surface area contributed by atoms with Gasteiger partial charge in [-0.25, -0.2) is 0 Å². The van der Waals surface area contributed by atoms with Crippen molar-refractivity contribution >= 4 is 8.32 Å². The first kappa shape index (κ1) is 19.0. The standard InChI is InChI=1S/C19H32O2Si/c1-8-9-18-12-17(10-11-19(18)20)13-21-22(14(2)3,15(4)5)16(6)7/h8,10-12,14-16,20H,1,9,13H2,2-7H3. The van der Waals surface area contributed by atoms with Gasteiger partial charge in [-0.05, 0) is 46.3 Å². The van der Waals surface area contributed by atoms with Crippen molar-refractivity contribution in [2.45, 2.75) is 71.2 Å². The average Bonchev–Trinajstić information content (AvgIpc) is 2.42. The Bertz CT molecular complexity index is 470. The fraction of sp³-hybridized carbons (Fsp3) is 0.579. The Kier molecular flexibility index (Phi) is 6.88. The van der Waals surface area contributed by atoms with E-state index < -0.39 is 8.32 Å². The zero-order valence-electron chi connectivity index (χ0n) is 15.0. The van der Waals surface area contributed by atoms with Gasteiger partial charge in [0.05, 0.1) is 6.61 Å². The molecular weight excluding hydrogens is 288 g/mol. The molecule has 0 unspecified atom stereocenters. The Hall–Kier alpha value is -1.06. The van der Waals surface area contributed by atoms with Gasteiger partial charge in [0, 0.05) is 0 Å². The van der Waals surface area contributed by atoms with Crippen LogP contribution in [0.25, 0.3) is 0 Å². The molecule has 0 atom stereocenters. The van der Waals surface area contributed by atoms with E-state index in [2.05, 4.69) is 48.1 Å². The molecule has 1 rings (SSSR count). The Morgan fingerprint density at radius 1 is 1.09 bits per heavy atom.